The van der Waals surface area contributed by atoms with E-state index in [9.17, 15) is 4.79 Å². The van der Waals surface area contributed by atoms with Crippen molar-refractivity contribution in [1.29, 1.82) is 0 Å². The van der Waals surface area contributed by atoms with Crippen LogP contribution in [0.25, 0.3) is 0 Å². The Morgan fingerprint density at radius 2 is 2.24 bits per heavy atom. The van der Waals surface area contributed by atoms with Crippen molar-refractivity contribution in [2.45, 2.75) is 39.7 Å². The highest BCUT2D eigenvalue weighted by atomic mass is 32.1. The summed E-state index contributed by atoms with van der Waals surface area (Å²) in [6, 6.07) is 2.12. The van der Waals surface area contributed by atoms with Gasteiger partial charge in [0.05, 0.1) is 0 Å². The first-order valence-electron chi connectivity index (χ1n) is 5.93. The molecule has 96 valence electrons. The number of aliphatic carboxylic acids is 1. The van der Waals surface area contributed by atoms with E-state index in [1.54, 1.807) is 11.3 Å². The average Bonchev–Trinajstić information content (AvgIpc) is 2.75. The highest BCUT2D eigenvalue weighted by molar-refractivity contribution is 7.07. The molecule has 0 atom stereocenters. The third-order valence-corrected chi connectivity index (χ3v) is 3.64. The number of hydrogen-bond donors (Lipinski definition) is 2. The van der Waals surface area contributed by atoms with Crippen molar-refractivity contribution >= 4 is 17.3 Å². The van der Waals surface area contributed by atoms with Crippen LogP contribution < -0.4 is 5.32 Å². The summed E-state index contributed by atoms with van der Waals surface area (Å²) in [6.07, 6.45) is 2.00. The quantitative estimate of drug-likeness (QED) is 0.702. The Labute approximate surface area is 107 Å². The van der Waals surface area contributed by atoms with E-state index in [1.165, 1.54) is 5.56 Å². The highest BCUT2D eigenvalue weighted by Gasteiger charge is 2.18. The van der Waals surface area contributed by atoms with Crippen LogP contribution in [0.1, 0.15) is 38.7 Å². The van der Waals surface area contributed by atoms with Gasteiger partial charge in [-0.05, 0) is 47.2 Å². The molecule has 1 heterocycles. The number of carboxylic acids is 1. The molecule has 0 bridgehead atoms. The number of rotatable bonds is 8. The van der Waals surface area contributed by atoms with Gasteiger partial charge in [0.1, 0.15) is 0 Å². The van der Waals surface area contributed by atoms with Crippen LogP contribution in [-0.4, -0.2) is 17.6 Å². The zero-order valence-electron chi connectivity index (χ0n) is 10.5. The Morgan fingerprint density at radius 3 is 2.82 bits per heavy atom. The standard InChI is InChI=1S/C13H21NO2S/c1-13(2,5-3-12(15)16)6-7-14-9-11-4-8-17-10-11/h4,8,10,14H,3,5-7,9H2,1-2H3,(H,15,16). The van der Waals surface area contributed by atoms with Gasteiger partial charge in [0.15, 0.2) is 0 Å². The largest absolute Gasteiger partial charge is 0.481 e. The zero-order valence-corrected chi connectivity index (χ0v) is 11.3. The molecule has 0 spiro atoms. The molecule has 0 aliphatic rings. The molecule has 0 amide bonds. The predicted molar refractivity (Wildman–Crippen MR) is 71.3 cm³/mol. The SMILES string of the molecule is CC(C)(CCNCc1ccsc1)CCC(=O)O. The normalized spacial score (nSPS) is 11.6. The Morgan fingerprint density at radius 1 is 1.47 bits per heavy atom. The molecule has 2 N–H and O–H groups in total. The van der Waals surface area contributed by atoms with E-state index in [0.29, 0.717) is 0 Å². The van der Waals surface area contributed by atoms with Gasteiger partial charge in [-0.1, -0.05) is 13.8 Å². The monoisotopic (exact) mass is 255 g/mol. The lowest BCUT2D eigenvalue weighted by atomic mass is 9.84. The molecule has 0 aliphatic heterocycles. The number of hydrogen-bond acceptors (Lipinski definition) is 3. The van der Waals surface area contributed by atoms with E-state index in [-0.39, 0.29) is 11.8 Å². The van der Waals surface area contributed by atoms with Crippen molar-refractivity contribution in [3.8, 4) is 0 Å². The van der Waals surface area contributed by atoms with E-state index in [2.05, 4.69) is 36.0 Å². The third kappa shape index (κ3) is 6.44. The maximum absolute atomic E-state index is 10.5. The summed E-state index contributed by atoms with van der Waals surface area (Å²) in [6.45, 7) is 6.09. The summed E-state index contributed by atoms with van der Waals surface area (Å²) in [5.74, 6) is -0.704. The number of thiophene rings is 1. The molecule has 0 aliphatic carbocycles. The van der Waals surface area contributed by atoms with Crippen LogP contribution in [0, 0.1) is 5.41 Å². The van der Waals surface area contributed by atoms with Crippen molar-refractivity contribution < 1.29 is 9.90 Å². The fraction of sp³-hybridized carbons (Fsp3) is 0.615. The molecular formula is C13H21NO2S. The third-order valence-electron chi connectivity index (χ3n) is 2.90. The second kappa shape index (κ2) is 6.77. The summed E-state index contributed by atoms with van der Waals surface area (Å²) in [5, 5.41) is 16.3. The topological polar surface area (TPSA) is 49.3 Å². The van der Waals surface area contributed by atoms with Gasteiger partial charge in [0.25, 0.3) is 0 Å². The summed E-state index contributed by atoms with van der Waals surface area (Å²) >= 11 is 1.71. The summed E-state index contributed by atoms with van der Waals surface area (Å²) < 4.78 is 0. The van der Waals surface area contributed by atoms with Gasteiger partial charge in [-0.3, -0.25) is 4.79 Å². The Kier molecular flexibility index (Phi) is 5.65. The highest BCUT2D eigenvalue weighted by Crippen LogP contribution is 2.26. The van der Waals surface area contributed by atoms with E-state index < -0.39 is 5.97 Å². The second-order valence-corrected chi connectivity index (χ2v) is 5.90. The molecule has 1 aromatic rings. The van der Waals surface area contributed by atoms with Gasteiger partial charge in [-0.25, -0.2) is 0 Å². The molecule has 0 unspecified atom stereocenters. The molecule has 0 fully saturated rings. The van der Waals surface area contributed by atoms with Crippen molar-refractivity contribution in [2.24, 2.45) is 5.41 Å². The first kappa shape index (κ1) is 14.2. The van der Waals surface area contributed by atoms with Gasteiger partial charge in [-0.2, -0.15) is 11.3 Å². The van der Waals surface area contributed by atoms with E-state index in [1.807, 2.05) is 0 Å². The minimum Gasteiger partial charge on any atom is -0.481 e. The minimum absolute atomic E-state index is 0.0973. The lowest BCUT2D eigenvalue weighted by Crippen LogP contribution is -2.22. The first-order valence-corrected chi connectivity index (χ1v) is 6.87. The van der Waals surface area contributed by atoms with Crippen LogP contribution in [0.5, 0.6) is 0 Å². The Hall–Kier alpha value is -0.870. The van der Waals surface area contributed by atoms with Crippen LogP contribution >= 0.6 is 11.3 Å². The molecule has 3 nitrogen and oxygen atoms in total. The van der Waals surface area contributed by atoms with Crippen molar-refractivity contribution in [3.63, 3.8) is 0 Å². The maximum Gasteiger partial charge on any atom is 0.303 e. The number of carbonyl (C=O) groups is 1. The van der Waals surface area contributed by atoms with Gasteiger partial charge >= 0.3 is 5.97 Å². The van der Waals surface area contributed by atoms with Gasteiger partial charge < -0.3 is 10.4 Å². The Bertz CT molecular complexity index is 333. The lowest BCUT2D eigenvalue weighted by molar-refractivity contribution is -0.137. The second-order valence-electron chi connectivity index (χ2n) is 5.12. The molecule has 0 aromatic carbocycles. The van der Waals surface area contributed by atoms with Crippen molar-refractivity contribution in [2.75, 3.05) is 6.54 Å². The number of nitrogens with one attached hydrogen (secondary N) is 1. The molecule has 1 aromatic heterocycles. The van der Waals surface area contributed by atoms with Crippen LogP contribution in [0.4, 0.5) is 0 Å². The van der Waals surface area contributed by atoms with Gasteiger partial charge in [-0.15, -0.1) is 0 Å². The van der Waals surface area contributed by atoms with Crippen LogP contribution in [-0.2, 0) is 11.3 Å². The molecular weight excluding hydrogens is 234 g/mol. The average molecular weight is 255 g/mol. The smallest absolute Gasteiger partial charge is 0.303 e. The summed E-state index contributed by atoms with van der Waals surface area (Å²) in [4.78, 5) is 10.5. The predicted octanol–water partition coefficient (Wildman–Crippen LogP) is 3.12. The first-order chi connectivity index (χ1) is 7.99. The van der Waals surface area contributed by atoms with Crippen molar-refractivity contribution in [1.82, 2.24) is 5.32 Å². The Balaban J connectivity index is 2.14. The molecule has 1 rings (SSSR count). The van der Waals surface area contributed by atoms with Gasteiger partial charge in [0, 0.05) is 13.0 Å². The molecule has 17 heavy (non-hydrogen) atoms. The number of carboxylic acid groups (broad SMARTS) is 1. The van der Waals surface area contributed by atoms with Gasteiger partial charge in [0.2, 0.25) is 0 Å². The fourth-order valence-electron chi connectivity index (χ4n) is 1.62. The molecule has 0 saturated carbocycles. The van der Waals surface area contributed by atoms with E-state index in [0.717, 1.165) is 25.9 Å². The lowest BCUT2D eigenvalue weighted by Gasteiger charge is -2.23. The maximum atomic E-state index is 10.5. The van der Waals surface area contributed by atoms with Crippen LogP contribution in [0.15, 0.2) is 16.8 Å². The van der Waals surface area contributed by atoms with Crippen LogP contribution in [0.2, 0.25) is 0 Å². The van der Waals surface area contributed by atoms with E-state index >= 15 is 0 Å². The van der Waals surface area contributed by atoms with E-state index in [4.69, 9.17) is 5.11 Å². The summed E-state index contributed by atoms with van der Waals surface area (Å²) in [7, 11) is 0. The zero-order chi connectivity index (χ0) is 12.7. The summed E-state index contributed by atoms with van der Waals surface area (Å²) in [5.41, 5.74) is 1.42. The fourth-order valence-corrected chi connectivity index (χ4v) is 2.29. The molecule has 0 saturated heterocycles. The molecule has 4 heteroatoms. The van der Waals surface area contributed by atoms with Crippen LogP contribution in [0.3, 0.4) is 0 Å². The minimum atomic E-state index is -0.704. The molecule has 0 radical (unpaired) electrons. The van der Waals surface area contributed by atoms with Crippen molar-refractivity contribution in [3.05, 3.63) is 22.4 Å².